The fourth-order valence-corrected chi connectivity index (χ4v) is 3.29. The number of furan rings is 1. The molecule has 24 heavy (non-hydrogen) atoms. The van der Waals surface area contributed by atoms with Crippen molar-refractivity contribution in [3.63, 3.8) is 0 Å². The number of aromatic nitrogens is 2. The van der Waals surface area contributed by atoms with Gasteiger partial charge in [0.15, 0.2) is 5.76 Å². The summed E-state index contributed by atoms with van der Waals surface area (Å²) in [5.41, 5.74) is 1.84. The van der Waals surface area contributed by atoms with Crippen LogP contribution < -0.4 is 0 Å². The van der Waals surface area contributed by atoms with Gasteiger partial charge in [-0.3, -0.25) is 10.00 Å². The first-order valence-electron chi connectivity index (χ1n) is 7.95. The Morgan fingerprint density at radius 3 is 2.79 bits per heavy atom. The Bertz CT molecular complexity index is 798. The Kier molecular flexibility index (Phi) is 3.92. The summed E-state index contributed by atoms with van der Waals surface area (Å²) in [5, 5.41) is 16.9. The highest BCUT2D eigenvalue weighted by molar-refractivity contribution is 5.51. The average Bonchev–Trinajstić information content (AvgIpc) is 3.29. The molecule has 3 heterocycles. The summed E-state index contributed by atoms with van der Waals surface area (Å²) in [6.45, 7) is 1.16. The summed E-state index contributed by atoms with van der Waals surface area (Å²) in [6, 6.07) is 12.2. The number of hydrogen-bond donors (Lipinski definition) is 2. The Balaban J connectivity index is 1.53. The molecule has 0 spiro atoms. The molecule has 2 atom stereocenters. The minimum Gasteiger partial charge on any atom is -0.458 e. The van der Waals surface area contributed by atoms with Gasteiger partial charge in [0.25, 0.3) is 0 Å². The largest absolute Gasteiger partial charge is 0.458 e. The zero-order valence-electron chi connectivity index (χ0n) is 13.0. The van der Waals surface area contributed by atoms with E-state index < -0.39 is 0 Å². The maximum Gasteiger partial charge on any atom is 0.152 e. The van der Waals surface area contributed by atoms with Crippen molar-refractivity contribution in [2.24, 2.45) is 0 Å². The Morgan fingerprint density at radius 1 is 1.21 bits per heavy atom. The Hall–Kier alpha value is -2.44. The molecular weight excluding hydrogens is 309 g/mol. The van der Waals surface area contributed by atoms with Crippen LogP contribution in [-0.2, 0) is 6.54 Å². The van der Waals surface area contributed by atoms with Gasteiger partial charge in [-0.15, -0.1) is 0 Å². The van der Waals surface area contributed by atoms with Gasteiger partial charge in [-0.25, -0.2) is 4.39 Å². The first kappa shape index (κ1) is 15.1. The Labute approximate surface area is 138 Å². The second-order valence-corrected chi connectivity index (χ2v) is 6.12. The molecule has 4 rings (SSSR count). The lowest BCUT2D eigenvalue weighted by Crippen LogP contribution is -2.24. The number of likely N-dealkylation sites (tertiary alicyclic amines) is 1. The smallest absolute Gasteiger partial charge is 0.152 e. The molecule has 1 aliphatic heterocycles. The molecule has 0 saturated carbocycles. The lowest BCUT2D eigenvalue weighted by atomic mass is 10.0. The average molecular weight is 327 g/mol. The van der Waals surface area contributed by atoms with Crippen molar-refractivity contribution >= 4 is 0 Å². The number of aliphatic hydroxyl groups is 1. The summed E-state index contributed by atoms with van der Waals surface area (Å²) >= 11 is 0. The number of nitrogens with one attached hydrogen (secondary N) is 1. The van der Waals surface area contributed by atoms with Crippen LogP contribution in [0.1, 0.15) is 23.8 Å². The summed E-state index contributed by atoms with van der Waals surface area (Å²) in [7, 11) is 0. The highest BCUT2D eigenvalue weighted by Gasteiger charge is 2.32. The van der Waals surface area contributed by atoms with Crippen LogP contribution in [0.15, 0.2) is 53.1 Å². The fourth-order valence-electron chi connectivity index (χ4n) is 3.29. The fraction of sp³-hybridized carbons (Fsp3) is 0.278. The molecule has 0 amide bonds. The quantitative estimate of drug-likeness (QED) is 0.773. The molecule has 0 aliphatic carbocycles. The molecule has 2 aromatic heterocycles. The van der Waals surface area contributed by atoms with Crippen LogP contribution in [0.25, 0.3) is 11.5 Å². The zero-order valence-corrected chi connectivity index (χ0v) is 13.0. The standard InChI is InChI=1S/C18H18FN3O2/c19-13-3-1-12(2-4-13)17-9-14(23)10-22(17)11-15-5-6-18(24-15)16-7-8-20-21-16/h1-8,14,17,23H,9-11H2,(H,20,21). The molecule has 2 unspecified atom stereocenters. The highest BCUT2D eigenvalue weighted by atomic mass is 19.1. The molecule has 2 N–H and O–H groups in total. The van der Waals surface area contributed by atoms with Crippen LogP contribution in [0.2, 0.25) is 0 Å². The molecule has 1 aromatic carbocycles. The normalized spacial score (nSPS) is 21.4. The number of H-pyrrole nitrogens is 1. The molecule has 3 aromatic rings. The lowest BCUT2D eigenvalue weighted by Gasteiger charge is -2.23. The lowest BCUT2D eigenvalue weighted by molar-refractivity contribution is 0.168. The number of nitrogens with zero attached hydrogens (tertiary/aromatic N) is 2. The summed E-state index contributed by atoms with van der Waals surface area (Å²) in [5.74, 6) is 1.31. The van der Waals surface area contributed by atoms with E-state index in [-0.39, 0.29) is 18.0 Å². The van der Waals surface area contributed by atoms with E-state index in [0.717, 1.165) is 22.8 Å². The molecule has 124 valence electrons. The number of hydrogen-bond acceptors (Lipinski definition) is 4. The number of halogens is 1. The molecule has 0 bridgehead atoms. The minimum absolute atomic E-state index is 0.0568. The van der Waals surface area contributed by atoms with Gasteiger partial charge < -0.3 is 9.52 Å². The van der Waals surface area contributed by atoms with Gasteiger partial charge in [-0.05, 0) is 42.3 Å². The number of benzene rings is 1. The topological polar surface area (TPSA) is 65.3 Å². The van der Waals surface area contributed by atoms with E-state index in [9.17, 15) is 9.50 Å². The van der Waals surface area contributed by atoms with Crippen LogP contribution >= 0.6 is 0 Å². The van der Waals surface area contributed by atoms with Crippen LogP contribution in [0.3, 0.4) is 0 Å². The maximum absolute atomic E-state index is 13.1. The summed E-state index contributed by atoms with van der Waals surface area (Å²) < 4.78 is 19.0. The molecule has 1 aliphatic rings. The molecule has 6 heteroatoms. The van der Waals surface area contributed by atoms with E-state index in [1.54, 1.807) is 18.3 Å². The van der Waals surface area contributed by atoms with Gasteiger partial charge in [0.05, 0.1) is 12.6 Å². The van der Waals surface area contributed by atoms with E-state index in [0.29, 0.717) is 19.5 Å². The van der Waals surface area contributed by atoms with Gasteiger partial charge in [0.2, 0.25) is 0 Å². The maximum atomic E-state index is 13.1. The number of aliphatic hydroxyl groups excluding tert-OH is 1. The minimum atomic E-state index is -0.387. The van der Waals surface area contributed by atoms with Gasteiger partial charge in [-0.2, -0.15) is 5.10 Å². The molecule has 1 fully saturated rings. The van der Waals surface area contributed by atoms with Crippen molar-refractivity contribution < 1.29 is 13.9 Å². The van der Waals surface area contributed by atoms with Gasteiger partial charge in [-0.1, -0.05) is 12.1 Å². The number of aromatic amines is 1. The van der Waals surface area contributed by atoms with Crippen LogP contribution in [-0.4, -0.2) is 32.9 Å². The predicted molar refractivity (Wildman–Crippen MR) is 86.5 cm³/mol. The summed E-state index contributed by atoms with van der Waals surface area (Å²) in [4.78, 5) is 2.16. The first-order chi connectivity index (χ1) is 11.7. The predicted octanol–water partition coefficient (Wildman–Crippen LogP) is 3.12. The van der Waals surface area contributed by atoms with E-state index in [1.165, 1.54) is 12.1 Å². The van der Waals surface area contributed by atoms with Crippen molar-refractivity contribution in [1.29, 1.82) is 0 Å². The van der Waals surface area contributed by atoms with Gasteiger partial charge in [0, 0.05) is 18.8 Å². The van der Waals surface area contributed by atoms with Crippen LogP contribution in [0.5, 0.6) is 0 Å². The third-order valence-corrected chi connectivity index (χ3v) is 4.42. The van der Waals surface area contributed by atoms with Crippen molar-refractivity contribution in [3.05, 3.63) is 65.8 Å². The van der Waals surface area contributed by atoms with Crippen molar-refractivity contribution in [3.8, 4) is 11.5 Å². The highest BCUT2D eigenvalue weighted by Crippen LogP contribution is 2.34. The second-order valence-electron chi connectivity index (χ2n) is 6.12. The van der Waals surface area contributed by atoms with E-state index in [4.69, 9.17) is 4.42 Å². The zero-order chi connectivity index (χ0) is 16.5. The Morgan fingerprint density at radius 2 is 2.04 bits per heavy atom. The van der Waals surface area contributed by atoms with Crippen molar-refractivity contribution in [2.45, 2.75) is 25.1 Å². The second kappa shape index (κ2) is 6.22. The van der Waals surface area contributed by atoms with Gasteiger partial charge >= 0.3 is 0 Å². The molecule has 5 nitrogen and oxygen atoms in total. The van der Waals surface area contributed by atoms with Crippen LogP contribution in [0, 0.1) is 5.82 Å². The molecule has 0 radical (unpaired) electrons. The van der Waals surface area contributed by atoms with E-state index in [1.807, 2.05) is 18.2 Å². The van der Waals surface area contributed by atoms with Crippen LogP contribution in [0.4, 0.5) is 4.39 Å². The van der Waals surface area contributed by atoms with E-state index in [2.05, 4.69) is 15.1 Å². The third kappa shape index (κ3) is 2.98. The first-order valence-corrected chi connectivity index (χ1v) is 7.95. The molecular formula is C18H18FN3O2. The number of rotatable bonds is 4. The SMILES string of the molecule is OC1CC(c2ccc(F)cc2)N(Cc2ccc(-c3ccn[nH]3)o2)C1. The van der Waals surface area contributed by atoms with E-state index >= 15 is 0 Å². The van der Waals surface area contributed by atoms with Crippen molar-refractivity contribution in [2.75, 3.05) is 6.54 Å². The monoisotopic (exact) mass is 327 g/mol. The van der Waals surface area contributed by atoms with Gasteiger partial charge in [0.1, 0.15) is 17.3 Å². The van der Waals surface area contributed by atoms with Crippen molar-refractivity contribution in [1.82, 2.24) is 15.1 Å². The molecule has 1 saturated heterocycles. The third-order valence-electron chi connectivity index (χ3n) is 4.42. The summed E-state index contributed by atoms with van der Waals surface area (Å²) in [6.07, 6.45) is 1.93. The number of β-amino-alcohol motifs (C(OH)–C–C–N with tert-alkyl or cyclic N) is 1.